The van der Waals surface area contributed by atoms with Gasteiger partial charge in [0.2, 0.25) is 0 Å². The van der Waals surface area contributed by atoms with Crippen LogP contribution in [0.1, 0.15) is 36.0 Å². The van der Waals surface area contributed by atoms with Gasteiger partial charge in [-0.2, -0.15) is 18.3 Å². The summed E-state index contributed by atoms with van der Waals surface area (Å²) in [6.45, 7) is 0. The number of carbonyl (C=O) groups excluding carboxylic acids is 2. The van der Waals surface area contributed by atoms with Crippen molar-refractivity contribution in [2.45, 2.75) is 37.9 Å². The standard InChI is InChI=1S/C13H16F3N3O2/c1-19-7-8(6-17-19)11(20)12(21)18-10-5-3-2-4-9(10)13(14,15)16/h6-7,9-10H,2-5H2,1H3,(H,18,21)/t9-,10-/m1/s1. The second-order valence-electron chi connectivity index (χ2n) is 5.24. The maximum atomic E-state index is 12.9. The first-order valence-electron chi connectivity index (χ1n) is 6.69. The topological polar surface area (TPSA) is 64.0 Å². The Bertz CT molecular complexity index is 539. The van der Waals surface area contributed by atoms with E-state index in [-0.39, 0.29) is 18.4 Å². The van der Waals surface area contributed by atoms with Crippen LogP contribution in [0.4, 0.5) is 13.2 Å². The lowest BCUT2D eigenvalue weighted by Crippen LogP contribution is -2.49. The highest BCUT2D eigenvalue weighted by atomic mass is 19.4. The number of hydrogen-bond acceptors (Lipinski definition) is 3. The molecule has 1 aromatic heterocycles. The first-order chi connectivity index (χ1) is 9.79. The van der Waals surface area contributed by atoms with Crippen LogP contribution in [0.5, 0.6) is 0 Å². The minimum atomic E-state index is -4.37. The number of aryl methyl sites for hydroxylation is 1. The number of aromatic nitrogens is 2. The Hall–Kier alpha value is -1.86. The number of carbonyl (C=O) groups is 2. The van der Waals surface area contributed by atoms with Gasteiger partial charge in [-0.15, -0.1) is 0 Å². The molecular weight excluding hydrogens is 287 g/mol. The van der Waals surface area contributed by atoms with Crippen molar-refractivity contribution in [1.82, 2.24) is 15.1 Å². The van der Waals surface area contributed by atoms with E-state index in [0.29, 0.717) is 12.8 Å². The number of rotatable bonds is 3. The van der Waals surface area contributed by atoms with Gasteiger partial charge in [0.25, 0.3) is 11.7 Å². The molecule has 21 heavy (non-hydrogen) atoms. The van der Waals surface area contributed by atoms with Crippen LogP contribution in [-0.4, -0.2) is 33.7 Å². The molecule has 1 fully saturated rings. The predicted octanol–water partition coefficient (Wildman–Crippen LogP) is 1.84. The van der Waals surface area contributed by atoms with E-state index < -0.39 is 29.8 Å². The monoisotopic (exact) mass is 303 g/mol. The molecule has 8 heteroatoms. The van der Waals surface area contributed by atoms with Crippen molar-refractivity contribution in [2.24, 2.45) is 13.0 Å². The molecule has 2 rings (SSSR count). The molecule has 0 aliphatic heterocycles. The molecule has 0 aromatic carbocycles. The summed E-state index contributed by atoms with van der Waals surface area (Å²) in [5.41, 5.74) is 0.0642. The zero-order valence-corrected chi connectivity index (χ0v) is 11.5. The molecule has 1 amide bonds. The maximum Gasteiger partial charge on any atom is 0.393 e. The highest BCUT2D eigenvalue weighted by Gasteiger charge is 2.46. The Morgan fingerprint density at radius 3 is 2.57 bits per heavy atom. The van der Waals surface area contributed by atoms with E-state index >= 15 is 0 Å². The first kappa shape index (κ1) is 15.5. The van der Waals surface area contributed by atoms with Crippen molar-refractivity contribution in [3.05, 3.63) is 18.0 Å². The first-order valence-corrected chi connectivity index (χ1v) is 6.69. The predicted molar refractivity (Wildman–Crippen MR) is 67.5 cm³/mol. The summed E-state index contributed by atoms with van der Waals surface area (Å²) in [6.07, 6.45) is -0.499. The van der Waals surface area contributed by atoms with Gasteiger partial charge >= 0.3 is 6.18 Å². The fourth-order valence-electron chi connectivity index (χ4n) is 2.60. The van der Waals surface area contributed by atoms with E-state index in [4.69, 9.17) is 0 Å². The van der Waals surface area contributed by atoms with Gasteiger partial charge in [-0.1, -0.05) is 12.8 Å². The third kappa shape index (κ3) is 3.62. The number of nitrogens with zero attached hydrogens (tertiary/aromatic N) is 2. The average molecular weight is 303 g/mol. The number of Topliss-reactive ketones (excluding diaryl/α,β-unsaturated/α-hetero) is 1. The zero-order chi connectivity index (χ0) is 15.6. The van der Waals surface area contributed by atoms with Gasteiger partial charge in [0.1, 0.15) is 0 Å². The summed E-state index contributed by atoms with van der Waals surface area (Å²) >= 11 is 0. The van der Waals surface area contributed by atoms with Crippen molar-refractivity contribution in [3.63, 3.8) is 0 Å². The van der Waals surface area contributed by atoms with Gasteiger partial charge in [-0.05, 0) is 12.8 Å². The zero-order valence-electron chi connectivity index (χ0n) is 11.5. The molecule has 5 nitrogen and oxygen atoms in total. The molecule has 1 aliphatic carbocycles. The van der Waals surface area contributed by atoms with Crippen molar-refractivity contribution in [3.8, 4) is 0 Å². The third-order valence-corrected chi connectivity index (χ3v) is 3.68. The van der Waals surface area contributed by atoms with Crippen molar-refractivity contribution in [1.29, 1.82) is 0 Å². The number of ketones is 1. The van der Waals surface area contributed by atoms with Gasteiger partial charge in [0.15, 0.2) is 0 Å². The molecule has 0 radical (unpaired) electrons. The van der Waals surface area contributed by atoms with Crippen molar-refractivity contribution in [2.75, 3.05) is 0 Å². The fourth-order valence-corrected chi connectivity index (χ4v) is 2.60. The molecule has 116 valence electrons. The number of alkyl halides is 3. The largest absolute Gasteiger partial charge is 0.393 e. The molecule has 1 aromatic rings. The van der Waals surface area contributed by atoms with Crippen LogP contribution < -0.4 is 5.32 Å². The van der Waals surface area contributed by atoms with Gasteiger partial charge in [-0.25, -0.2) is 0 Å². The lowest BCUT2D eigenvalue weighted by atomic mass is 9.84. The van der Waals surface area contributed by atoms with Crippen LogP contribution in [0, 0.1) is 5.92 Å². The summed E-state index contributed by atoms with van der Waals surface area (Å²) in [4.78, 5) is 23.7. The van der Waals surface area contributed by atoms with E-state index in [0.717, 1.165) is 0 Å². The van der Waals surface area contributed by atoms with E-state index in [1.165, 1.54) is 17.1 Å². The van der Waals surface area contributed by atoms with Crippen LogP contribution in [-0.2, 0) is 11.8 Å². The third-order valence-electron chi connectivity index (χ3n) is 3.68. The van der Waals surface area contributed by atoms with Gasteiger partial charge < -0.3 is 5.32 Å². The lowest BCUT2D eigenvalue weighted by molar-refractivity contribution is -0.189. The second kappa shape index (κ2) is 5.87. The highest BCUT2D eigenvalue weighted by Crippen LogP contribution is 2.37. The lowest BCUT2D eigenvalue weighted by Gasteiger charge is -2.33. The molecule has 1 N–H and O–H groups in total. The minimum Gasteiger partial charge on any atom is -0.346 e. The van der Waals surface area contributed by atoms with Crippen molar-refractivity contribution >= 4 is 11.7 Å². The summed E-state index contributed by atoms with van der Waals surface area (Å²) < 4.78 is 40.1. The number of amides is 1. The Kier molecular flexibility index (Phi) is 4.34. The second-order valence-corrected chi connectivity index (χ2v) is 5.24. The molecule has 0 saturated heterocycles. The van der Waals surface area contributed by atoms with E-state index in [1.54, 1.807) is 7.05 Å². The summed E-state index contributed by atoms with van der Waals surface area (Å²) in [5, 5.41) is 5.99. The van der Waals surface area contributed by atoms with Gasteiger partial charge in [-0.3, -0.25) is 14.3 Å². The minimum absolute atomic E-state index is 0.0183. The van der Waals surface area contributed by atoms with E-state index in [2.05, 4.69) is 10.4 Å². The number of nitrogens with one attached hydrogen (secondary N) is 1. The molecular formula is C13H16F3N3O2. The van der Waals surface area contributed by atoms with E-state index in [1.807, 2.05) is 0 Å². The summed E-state index contributed by atoms with van der Waals surface area (Å²) in [5.74, 6) is -3.46. The Balaban J connectivity index is 2.05. The summed E-state index contributed by atoms with van der Waals surface area (Å²) in [6, 6.07) is -1.04. The van der Waals surface area contributed by atoms with Crippen LogP contribution in [0.2, 0.25) is 0 Å². The fraction of sp³-hybridized carbons (Fsp3) is 0.615. The van der Waals surface area contributed by atoms with Gasteiger partial charge in [0, 0.05) is 19.3 Å². The van der Waals surface area contributed by atoms with Crippen LogP contribution in [0.25, 0.3) is 0 Å². The number of halogens is 3. The Morgan fingerprint density at radius 2 is 2.00 bits per heavy atom. The Labute approximate surface area is 119 Å². The smallest absolute Gasteiger partial charge is 0.346 e. The molecule has 0 spiro atoms. The normalized spacial score (nSPS) is 22.9. The average Bonchev–Trinajstić information content (AvgIpc) is 2.84. The quantitative estimate of drug-likeness (QED) is 0.684. The van der Waals surface area contributed by atoms with E-state index in [9.17, 15) is 22.8 Å². The molecule has 0 unspecified atom stereocenters. The molecule has 1 heterocycles. The molecule has 1 aliphatic rings. The van der Waals surface area contributed by atoms with Crippen LogP contribution >= 0.6 is 0 Å². The molecule has 2 atom stereocenters. The Morgan fingerprint density at radius 1 is 1.33 bits per heavy atom. The molecule has 1 saturated carbocycles. The summed E-state index contributed by atoms with van der Waals surface area (Å²) in [7, 11) is 1.58. The maximum absolute atomic E-state index is 12.9. The number of hydrogen-bond donors (Lipinski definition) is 1. The van der Waals surface area contributed by atoms with Crippen molar-refractivity contribution < 1.29 is 22.8 Å². The van der Waals surface area contributed by atoms with Crippen LogP contribution in [0.15, 0.2) is 12.4 Å². The highest BCUT2D eigenvalue weighted by molar-refractivity contribution is 6.42. The molecule has 0 bridgehead atoms. The van der Waals surface area contributed by atoms with Crippen LogP contribution in [0.3, 0.4) is 0 Å². The van der Waals surface area contributed by atoms with Gasteiger partial charge in [0.05, 0.1) is 17.7 Å². The SMILES string of the molecule is Cn1cc(C(=O)C(=O)N[C@@H]2CCCC[C@H]2C(F)(F)F)cn1.